The highest BCUT2D eigenvalue weighted by Crippen LogP contribution is 2.11. The predicted molar refractivity (Wildman–Crippen MR) is 44.1 cm³/mol. The van der Waals surface area contributed by atoms with Crippen LogP contribution in [0.25, 0.3) is 0 Å². The van der Waals surface area contributed by atoms with Gasteiger partial charge in [-0.2, -0.15) is 0 Å². The first-order valence-corrected chi connectivity index (χ1v) is 4.47. The quantitative estimate of drug-likeness (QED) is 0.681. The molecule has 4 heteroatoms. The fourth-order valence-electron chi connectivity index (χ4n) is 0.811. The van der Waals surface area contributed by atoms with Gasteiger partial charge in [-0.3, -0.25) is 5.14 Å². The third kappa shape index (κ3) is 2.69. The van der Waals surface area contributed by atoms with Crippen LogP contribution in [-0.4, -0.2) is 9.32 Å². The molecular weight excluding hydrogens is 162 g/mol. The molecule has 0 saturated carbocycles. The maximum atomic E-state index is 10.5. The zero-order chi connectivity index (χ0) is 8.27. The van der Waals surface area contributed by atoms with Crippen molar-refractivity contribution in [1.82, 2.24) is 0 Å². The largest absolute Gasteiger partial charge is 0.508 e. The van der Waals surface area contributed by atoms with Gasteiger partial charge in [0.1, 0.15) is 5.75 Å². The zero-order valence-electron chi connectivity index (χ0n) is 5.86. The van der Waals surface area contributed by atoms with Gasteiger partial charge in [-0.05, 0) is 17.7 Å². The molecule has 1 aromatic carbocycles. The van der Waals surface area contributed by atoms with E-state index in [1.807, 2.05) is 0 Å². The molecule has 60 valence electrons. The van der Waals surface area contributed by atoms with Crippen LogP contribution >= 0.6 is 0 Å². The molecule has 0 spiro atoms. The highest BCUT2D eigenvalue weighted by molar-refractivity contribution is 7.81. The van der Waals surface area contributed by atoms with Crippen molar-refractivity contribution < 1.29 is 9.32 Å². The number of phenols is 1. The number of hydrogen-bond acceptors (Lipinski definition) is 2. The summed E-state index contributed by atoms with van der Waals surface area (Å²) in [7, 11) is -1.34. The zero-order valence-corrected chi connectivity index (χ0v) is 6.67. The summed E-state index contributed by atoms with van der Waals surface area (Å²) in [5, 5.41) is 14.1. The van der Waals surface area contributed by atoms with Crippen molar-refractivity contribution in [2.24, 2.45) is 5.14 Å². The second-order valence-electron chi connectivity index (χ2n) is 2.19. The second kappa shape index (κ2) is 3.50. The highest BCUT2D eigenvalue weighted by Gasteiger charge is 1.96. The minimum absolute atomic E-state index is 0.174. The Balaban J connectivity index is 2.79. The first kappa shape index (κ1) is 8.23. The van der Waals surface area contributed by atoms with Crippen LogP contribution in [0.3, 0.4) is 0 Å². The van der Waals surface area contributed by atoms with Crippen LogP contribution in [0.5, 0.6) is 5.75 Å². The minimum Gasteiger partial charge on any atom is -0.508 e. The van der Waals surface area contributed by atoms with E-state index in [1.54, 1.807) is 24.3 Å². The Morgan fingerprint density at radius 3 is 2.82 bits per heavy atom. The van der Waals surface area contributed by atoms with Gasteiger partial charge in [0.2, 0.25) is 0 Å². The van der Waals surface area contributed by atoms with Gasteiger partial charge < -0.3 is 5.11 Å². The van der Waals surface area contributed by atoms with Crippen molar-refractivity contribution >= 4 is 11.0 Å². The monoisotopic (exact) mass is 171 g/mol. The Kier molecular flexibility index (Phi) is 2.62. The Labute approximate surface area is 67.4 Å². The van der Waals surface area contributed by atoms with Crippen molar-refractivity contribution in [2.45, 2.75) is 5.75 Å². The number of rotatable bonds is 2. The topological polar surface area (TPSA) is 63.3 Å². The van der Waals surface area contributed by atoms with Crippen LogP contribution < -0.4 is 5.14 Å². The summed E-state index contributed by atoms with van der Waals surface area (Å²) in [6.07, 6.45) is 0. The number of aromatic hydroxyl groups is 1. The van der Waals surface area contributed by atoms with Crippen LogP contribution in [0.1, 0.15) is 5.56 Å². The molecule has 0 aliphatic rings. The van der Waals surface area contributed by atoms with Gasteiger partial charge in [0.05, 0.1) is 16.7 Å². The van der Waals surface area contributed by atoms with E-state index >= 15 is 0 Å². The molecule has 0 aliphatic carbocycles. The molecule has 1 aromatic rings. The van der Waals surface area contributed by atoms with E-state index in [0.29, 0.717) is 0 Å². The molecule has 0 aromatic heterocycles. The molecule has 11 heavy (non-hydrogen) atoms. The molecule has 3 N–H and O–H groups in total. The molecule has 0 fully saturated rings. The van der Waals surface area contributed by atoms with Gasteiger partial charge in [0.15, 0.2) is 0 Å². The SMILES string of the molecule is N[S@](=O)Cc1cccc(O)c1. The first-order valence-electron chi connectivity index (χ1n) is 3.09. The third-order valence-corrected chi connectivity index (χ3v) is 1.84. The Morgan fingerprint density at radius 1 is 1.55 bits per heavy atom. The van der Waals surface area contributed by atoms with E-state index in [0.717, 1.165) is 5.56 Å². The van der Waals surface area contributed by atoms with Crippen molar-refractivity contribution in [2.75, 3.05) is 0 Å². The molecule has 0 radical (unpaired) electrons. The van der Waals surface area contributed by atoms with E-state index in [9.17, 15) is 4.21 Å². The third-order valence-electron chi connectivity index (χ3n) is 1.22. The average Bonchev–Trinajstić information content (AvgIpc) is 1.85. The van der Waals surface area contributed by atoms with Crippen LogP contribution in [0.2, 0.25) is 0 Å². The van der Waals surface area contributed by atoms with Crippen LogP contribution in [0, 0.1) is 0 Å². The molecular formula is C7H9NO2S. The second-order valence-corrected chi connectivity index (χ2v) is 3.25. The summed E-state index contributed by atoms with van der Waals surface area (Å²) in [5.74, 6) is 0.460. The fraction of sp³-hybridized carbons (Fsp3) is 0.143. The van der Waals surface area contributed by atoms with Crippen LogP contribution in [0.15, 0.2) is 24.3 Å². The lowest BCUT2D eigenvalue weighted by Gasteiger charge is -1.97. The van der Waals surface area contributed by atoms with Crippen molar-refractivity contribution in [3.05, 3.63) is 29.8 Å². The van der Waals surface area contributed by atoms with Gasteiger partial charge in [-0.25, -0.2) is 4.21 Å². The van der Waals surface area contributed by atoms with Crippen molar-refractivity contribution in [1.29, 1.82) is 0 Å². The lowest BCUT2D eigenvalue weighted by molar-refractivity contribution is 0.475. The summed E-state index contributed by atoms with van der Waals surface area (Å²) in [5.41, 5.74) is 0.783. The standard InChI is InChI=1S/C7H9NO2S/c8-11(10)5-6-2-1-3-7(9)4-6/h1-4,9H,5,8H2/t11-/m1/s1. The summed E-state index contributed by atoms with van der Waals surface area (Å²) in [4.78, 5) is 0. The average molecular weight is 171 g/mol. The molecule has 1 rings (SSSR count). The molecule has 3 nitrogen and oxygen atoms in total. The van der Waals surface area contributed by atoms with E-state index in [-0.39, 0.29) is 11.5 Å². The number of nitrogens with two attached hydrogens (primary N) is 1. The van der Waals surface area contributed by atoms with Crippen molar-refractivity contribution in [3.63, 3.8) is 0 Å². The molecule has 0 heterocycles. The summed E-state index contributed by atoms with van der Waals surface area (Å²) < 4.78 is 10.5. The van der Waals surface area contributed by atoms with Gasteiger partial charge in [-0.1, -0.05) is 12.1 Å². The Morgan fingerprint density at radius 2 is 2.27 bits per heavy atom. The van der Waals surface area contributed by atoms with E-state index in [1.165, 1.54) is 0 Å². The number of hydrogen-bond donors (Lipinski definition) is 2. The normalized spacial score (nSPS) is 12.8. The van der Waals surface area contributed by atoms with E-state index in [2.05, 4.69) is 0 Å². The highest BCUT2D eigenvalue weighted by atomic mass is 32.2. The first-order chi connectivity index (χ1) is 5.18. The van der Waals surface area contributed by atoms with Gasteiger partial charge >= 0.3 is 0 Å². The van der Waals surface area contributed by atoms with Gasteiger partial charge in [0.25, 0.3) is 0 Å². The summed E-state index contributed by atoms with van der Waals surface area (Å²) >= 11 is 0. The molecule has 0 aliphatic heterocycles. The predicted octanol–water partition coefficient (Wildman–Crippen LogP) is 0.515. The van der Waals surface area contributed by atoms with E-state index < -0.39 is 11.0 Å². The lowest BCUT2D eigenvalue weighted by atomic mass is 10.2. The molecule has 0 amide bonds. The maximum Gasteiger partial charge on any atom is 0.115 e. The Bertz CT molecular complexity index is 275. The maximum absolute atomic E-state index is 10.5. The van der Waals surface area contributed by atoms with Crippen LogP contribution in [0.4, 0.5) is 0 Å². The van der Waals surface area contributed by atoms with E-state index in [4.69, 9.17) is 10.2 Å². The molecule has 0 unspecified atom stereocenters. The Hall–Kier alpha value is -0.870. The lowest BCUT2D eigenvalue weighted by Crippen LogP contribution is -2.04. The molecule has 0 bridgehead atoms. The van der Waals surface area contributed by atoms with Crippen molar-refractivity contribution in [3.8, 4) is 5.75 Å². The number of phenolic OH excluding ortho intramolecular Hbond substituents is 1. The molecule has 0 saturated heterocycles. The van der Waals surface area contributed by atoms with Gasteiger partial charge in [-0.15, -0.1) is 0 Å². The number of benzene rings is 1. The van der Waals surface area contributed by atoms with Gasteiger partial charge in [0, 0.05) is 0 Å². The van der Waals surface area contributed by atoms with Crippen LogP contribution in [-0.2, 0) is 16.7 Å². The minimum atomic E-state index is -1.34. The fourth-order valence-corrected chi connectivity index (χ4v) is 1.32. The molecule has 1 atom stereocenters. The summed E-state index contributed by atoms with van der Waals surface area (Å²) in [6.45, 7) is 0. The summed E-state index contributed by atoms with van der Waals surface area (Å²) in [6, 6.07) is 6.57. The smallest absolute Gasteiger partial charge is 0.115 e.